The van der Waals surface area contributed by atoms with E-state index in [0.29, 0.717) is 5.82 Å². The third-order valence-electron chi connectivity index (χ3n) is 12.4. The van der Waals surface area contributed by atoms with Gasteiger partial charge in [0.05, 0.1) is 16.8 Å². The number of hydrogen-bond acceptors (Lipinski definition) is 3. The summed E-state index contributed by atoms with van der Waals surface area (Å²) in [6, 6.07) is 77.7. The van der Waals surface area contributed by atoms with E-state index in [9.17, 15) is 0 Å². The maximum absolute atomic E-state index is 6.98. The van der Waals surface area contributed by atoms with Crippen LogP contribution in [0.5, 0.6) is 11.5 Å². The predicted octanol–water partition coefficient (Wildman–Crippen LogP) is 14.4. The van der Waals surface area contributed by atoms with Gasteiger partial charge < -0.3 is 4.74 Å². The van der Waals surface area contributed by atoms with Gasteiger partial charge in [0.2, 0.25) is 0 Å². The zero-order valence-electron chi connectivity index (χ0n) is 32.6. The van der Waals surface area contributed by atoms with Crippen molar-refractivity contribution in [3.63, 3.8) is 0 Å². The summed E-state index contributed by atoms with van der Waals surface area (Å²) in [5.74, 6) is 2.46. The molecule has 0 N–H and O–H groups in total. The van der Waals surface area contributed by atoms with Crippen LogP contribution in [0.1, 0.15) is 22.3 Å². The first kappa shape index (κ1) is 34.2. The molecule has 0 bridgehead atoms. The molecule has 60 heavy (non-hydrogen) atoms. The molecule has 2 aliphatic rings. The predicted molar refractivity (Wildman–Crippen MR) is 244 cm³/mol. The van der Waals surface area contributed by atoms with Crippen LogP contribution >= 0.6 is 0 Å². The minimum Gasteiger partial charge on any atom is -0.456 e. The van der Waals surface area contributed by atoms with E-state index in [0.717, 1.165) is 61.7 Å². The molecule has 280 valence electrons. The third kappa shape index (κ3) is 5.16. The smallest absolute Gasteiger partial charge is 0.160 e. The molecule has 2 heterocycles. The largest absolute Gasteiger partial charge is 0.456 e. The molecular formula is C57H36N2O. The first-order valence-corrected chi connectivity index (χ1v) is 20.5. The highest BCUT2D eigenvalue weighted by Gasteiger charge is 2.51. The number of aromatic nitrogens is 2. The number of hydrogen-bond donors (Lipinski definition) is 0. The van der Waals surface area contributed by atoms with E-state index in [1.807, 2.05) is 18.2 Å². The second-order valence-corrected chi connectivity index (χ2v) is 15.6. The van der Waals surface area contributed by atoms with Gasteiger partial charge in [-0.25, -0.2) is 9.97 Å². The standard InChI is InChI=1S/C57H36N2O/c1-3-16-37(17-4-1)41-34-35-47(44-21-8-7-20-43(41)44)53-36-52(58-56(59-53)40-18-5-2-6-19-40)39-32-30-38(31-33-39)42-24-15-28-51-55(42)60-54-29-14-13-27-50(54)57(51)48-25-11-9-22-45(48)46-23-10-12-26-49(46)57/h1-36H. The van der Waals surface area contributed by atoms with E-state index >= 15 is 0 Å². The molecule has 3 nitrogen and oxygen atoms in total. The van der Waals surface area contributed by atoms with Gasteiger partial charge in [0.15, 0.2) is 5.82 Å². The first-order valence-electron chi connectivity index (χ1n) is 20.5. The van der Waals surface area contributed by atoms with Crippen LogP contribution in [0.2, 0.25) is 0 Å². The van der Waals surface area contributed by atoms with Gasteiger partial charge in [-0.1, -0.05) is 206 Å². The number of rotatable bonds is 5. The van der Waals surface area contributed by atoms with Gasteiger partial charge >= 0.3 is 0 Å². The van der Waals surface area contributed by atoms with Gasteiger partial charge in [0, 0.05) is 33.4 Å². The van der Waals surface area contributed by atoms with E-state index in [2.05, 4.69) is 200 Å². The van der Waals surface area contributed by atoms with Crippen LogP contribution < -0.4 is 4.74 Å². The Bertz CT molecular complexity index is 3240. The summed E-state index contributed by atoms with van der Waals surface area (Å²) < 4.78 is 6.98. The fourth-order valence-corrected chi connectivity index (χ4v) is 9.77. The van der Waals surface area contributed by atoms with E-state index < -0.39 is 5.41 Å². The molecule has 9 aromatic carbocycles. The highest BCUT2D eigenvalue weighted by molar-refractivity contribution is 6.05. The Hall–Kier alpha value is -7.88. The Balaban J connectivity index is 0.998. The summed E-state index contributed by atoms with van der Waals surface area (Å²) in [5.41, 5.74) is 16.2. The maximum atomic E-state index is 6.98. The van der Waals surface area contributed by atoms with Crippen LogP contribution in [0, 0.1) is 0 Å². The Kier molecular flexibility index (Phi) is 7.76. The number of para-hydroxylation sites is 2. The monoisotopic (exact) mass is 764 g/mol. The van der Waals surface area contributed by atoms with Crippen molar-refractivity contribution >= 4 is 10.8 Å². The lowest BCUT2D eigenvalue weighted by molar-refractivity contribution is 0.438. The summed E-state index contributed by atoms with van der Waals surface area (Å²) >= 11 is 0. The zero-order chi connectivity index (χ0) is 39.6. The summed E-state index contributed by atoms with van der Waals surface area (Å²) in [5, 5.41) is 2.34. The summed E-state index contributed by atoms with van der Waals surface area (Å²) in [7, 11) is 0. The van der Waals surface area contributed by atoms with Gasteiger partial charge in [-0.2, -0.15) is 0 Å². The van der Waals surface area contributed by atoms with Crippen molar-refractivity contribution in [1.82, 2.24) is 9.97 Å². The molecule has 0 fully saturated rings. The molecule has 1 aliphatic heterocycles. The number of ether oxygens (including phenoxy) is 1. The van der Waals surface area contributed by atoms with Gasteiger partial charge in [-0.3, -0.25) is 0 Å². The van der Waals surface area contributed by atoms with Crippen molar-refractivity contribution in [3.8, 4) is 78.8 Å². The normalized spacial score (nSPS) is 12.9. The van der Waals surface area contributed by atoms with Crippen LogP contribution in [0.25, 0.3) is 78.1 Å². The second kappa shape index (κ2) is 13.6. The van der Waals surface area contributed by atoms with Gasteiger partial charge in [0.25, 0.3) is 0 Å². The SMILES string of the molecule is c1ccc(-c2nc(-c3ccc(-c4cccc5c4Oc4ccccc4C54c5ccccc5-c5ccccc54)cc3)cc(-c3ccc(-c4ccccc4)c4ccccc34)n2)cc1. The molecule has 1 aromatic heterocycles. The van der Waals surface area contributed by atoms with E-state index in [1.54, 1.807) is 0 Å². The lowest BCUT2D eigenvalue weighted by Crippen LogP contribution is -2.32. The highest BCUT2D eigenvalue weighted by Crippen LogP contribution is 2.63. The van der Waals surface area contributed by atoms with E-state index in [1.165, 1.54) is 44.3 Å². The van der Waals surface area contributed by atoms with Crippen LogP contribution in [0.15, 0.2) is 218 Å². The van der Waals surface area contributed by atoms with Crippen LogP contribution in [-0.4, -0.2) is 9.97 Å². The number of fused-ring (bicyclic) bond motifs is 10. The maximum Gasteiger partial charge on any atom is 0.160 e. The average molecular weight is 765 g/mol. The molecule has 1 spiro atoms. The Morgan fingerprint density at radius 2 is 0.817 bits per heavy atom. The molecule has 12 rings (SSSR count). The number of benzene rings is 9. The van der Waals surface area contributed by atoms with Crippen molar-refractivity contribution in [1.29, 1.82) is 0 Å². The molecule has 0 atom stereocenters. The van der Waals surface area contributed by atoms with Gasteiger partial charge in [-0.05, 0) is 61.8 Å². The first-order chi connectivity index (χ1) is 29.8. The van der Waals surface area contributed by atoms with Gasteiger partial charge in [-0.15, -0.1) is 0 Å². The lowest BCUT2D eigenvalue weighted by Gasteiger charge is -2.40. The fourth-order valence-electron chi connectivity index (χ4n) is 9.77. The van der Waals surface area contributed by atoms with Crippen molar-refractivity contribution in [3.05, 3.63) is 241 Å². The topological polar surface area (TPSA) is 35.0 Å². The summed E-state index contributed by atoms with van der Waals surface area (Å²) in [4.78, 5) is 10.4. The molecule has 0 unspecified atom stereocenters. The highest BCUT2D eigenvalue weighted by atomic mass is 16.5. The van der Waals surface area contributed by atoms with Gasteiger partial charge in [0.1, 0.15) is 11.5 Å². The van der Waals surface area contributed by atoms with Crippen molar-refractivity contribution in [2.45, 2.75) is 5.41 Å². The molecule has 0 amide bonds. The molecule has 0 saturated heterocycles. The molecule has 1 aliphatic carbocycles. The Morgan fingerprint density at radius 1 is 0.317 bits per heavy atom. The van der Waals surface area contributed by atoms with E-state index in [-0.39, 0.29) is 0 Å². The summed E-state index contributed by atoms with van der Waals surface area (Å²) in [6.07, 6.45) is 0. The molecule has 0 saturated carbocycles. The quantitative estimate of drug-likeness (QED) is 0.175. The van der Waals surface area contributed by atoms with Crippen molar-refractivity contribution < 1.29 is 4.74 Å². The fraction of sp³-hybridized carbons (Fsp3) is 0.0175. The molecule has 3 heteroatoms. The van der Waals surface area contributed by atoms with Crippen molar-refractivity contribution in [2.75, 3.05) is 0 Å². The lowest BCUT2D eigenvalue weighted by atomic mass is 9.65. The zero-order valence-corrected chi connectivity index (χ0v) is 32.6. The molecule has 0 radical (unpaired) electrons. The van der Waals surface area contributed by atoms with Crippen LogP contribution in [0.3, 0.4) is 0 Å². The average Bonchev–Trinajstić information content (AvgIpc) is 3.62. The Labute approximate surface area is 348 Å². The van der Waals surface area contributed by atoms with Crippen LogP contribution in [-0.2, 0) is 5.41 Å². The minimum absolute atomic E-state index is 0.512. The van der Waals surface area contributed by atoms with E-state index in [4.69, 9.17) is 14.7 Å². The molecule has 10 aromatic rings. The Morgan fingerprint density at radius 3 is 1.53 bits per heavy atom. The van der Waals surface area contributed by atoms with Crippen molar-refractivity contribution in [2.24, 2.45) is 0 Å². The molecular weight excluding hydrogens is 729 g/mol. The van der Waals surface area contributed by atoms with Crippen LogP contribution in [0.4, 0.5) is 0 Å². The third-order valence-corrected chi connectivity index (χ3v) is 12.4. The second-order valence-electron chi connectivity index (χ2n) is 15.6. The number of nitrogens with zero attached hydrogens (tertiary/aromatic N) is 2. The minimum atomic E-state index is -0.512. The summed E-state index contributed by atoms with van der Waals surface area (Å²) in [6.45, 7) is 0.